The molecule has 1 atom stereocenters. The maximum atomic E-state index is 3.64. The Hall–Kier alpha value is -1.16. The minimum Gasteiger partial charge on any atom is -0.309 e. The van der Waals surface area contributed by atoms with E-state index in [1.54, 1.807) is 11.3 Å². The zero-order valence-corrected chi connectivity index (χ0v) is 13.0. The molecule has 0 saturated carbocycles. The SMILES string of the molecule is CNC(c1cscc1Br)c1cccc2ccccc12. The fourth-order valence-electron chi connectivity index (χ4n) is 2.48. The van der Waals surface area contributed by atoms with E-state index in [0.717, 1.165) is 0 Å². The van der Waals surface area contributed by atoms with Crippen LogP contribution in [0.25, 0.3) is 10.8 Å². The second-order valence-corrected chi connectivity index (χ2v) is 6.06. The van der Waals surface area contributed by atoms with Gasteiger partial charge in [-0.2, -0.15) is 11.3 Å². The molecule has 1 N–H and O–H groups in total. The summed E-state index contributed by atoms with van der Waals surface area (Å²) in [5.74, 6) is 0. The summed E-state index contributed by atoms with van der Waals surface area (Å²) in [4.78, 5) is 0. The summed E-state index contributed by atoms with van der Waals surface area (Å²) in [5.41, 5.74) is 2.61. The Labute approximate surface area is 125 Å². The standard InChI is InChI=1S/C16H14BrNS/c1-18-16(14-9-19-10-15(14)17)13-8-4-6-11-5-2-3-7-12(11)13/h2-10,16,18H,1H3. The predicted molar refractivity (Wildman–Crippen MR) is 86.9 cm³/mol. The number of hydrogen-bond acceptors (Lipinski definition) is 2. The summed E-state index contributed by atoms with van der Waals surface area (Å²) < 4.78 is 1.17. The summed E-state index contributed by atoms with van der Waals surface area (Å²) in [7, 11) is 2.01. The molecule has 0 amide bonds. The summed E-state index contributed by atoms with van der Waals surface area (Å²) in [6.07, 6.45) is 0. The zero-order valence-electron chi connectivity index (χ0n) is 10.6. The molecule has 1 aromatic heterocycles. The van der Waals surface area contributed by atoms with Crippen LogP contribution >= 0.6 is 27.3 Å². The van der Waals surface area contributed by atoms with E-state index in [1.165, 1.54) is 26.4 Å². The molecule has 3 heteroatoms. The molecule has 0 fully saturated rings. The summed E-state index contributed by atoms with van der Waals surface area (Å²) in [6.45, 7) is 0. The van der Waals surface area contributed by atoms with E-state index < -0.39 is 0 Å². The highest BCUT2D eigenvalue weighted by Gasteiger charge is 2.17. The molecule has 96 valence electrons. The second kappa shape index (κ2) is 5.45. The van der Waals surface area contributed by atoms with Gasteiger partial charge in [-0.05, 0) is 50.3 Å². The molecule has 0 aliphatic heterocycles. The molecule has 2 aromatic carbocycles. The van der Waals surface area contributed by atoms with Crippen LogP contribution in [-0.2, 0) is 0 Å². The Morgan fingerprint density at radius 1 is 1.00 bits per heavy atom. The lowest BCUT2D eigenvalue weighted by atomic mass is 9.95. The third kappa shape index (κ3) is 2.34. The Morgan fingerprint density at radius 3 is 2.53 bits per heavy atom. The van der Waals surface area contributed by atoms with Crippen molar-refractivity contribution in [3.63, 3.8) is 0 Å². The molecular formula is C16H14BrNS. The average Bonchev–Trinajstić information content (AvgIpc) is 2.86. The van der Waals surface area contributed by atoms with Crippen molar-refractivity contribution in [1.82, 2.24) is 5.32 Å². The van der Waals surface area contributed by atoms with Crippen molar-refractivity contribution in [1.29, 1.82) is 0 Å². The summed E-state index contributed by atoms with van der Waals surface area (Å²) in [6, 6.07) is 15.2. The Bertz CT molecular complexity index is 699. The quantitative estimate of drug-likeness (QED) is 0.714. The van der Waals surface area contributed by atoms with Crippen LogP contribution in [0.1, 0.15) is 17.2 Å². The minimum atomic E-state index is 0.215. The number of halogens is 1. The van der Waals surface area contributed by atoms with Crippen LogP contribution in [0.3, 0.4) is 0 Å². The van der Waals surface area contributed by atoms with Crippen molar-refractivity contribution < 1.29 is 0 Å². The molecule has 3 aromatic rings. The molecule has 1 heterocycles. The molecule has 1 unspecified atom stereocenters. The first-order valence-electron chi connectivity index (χ1n) is 6.18. The smallest absolute Gasteiger partial charge is 0.0599 e. The molecule has 3 rings (SSSR count). The fraction of sp³-hybridized carbons (Fsp3) is 0.125. The van der Waals surface area contributed by atoms with E-state index in [1.807, 2.05) is 7.05 Å². The first-order valence-corrected chi connectivity index (χ1v) is 7.91. The van der Waals surface area contributed by atoms with Gasteiger partial charge < -0.3 is 5.32 Å². The summed E-state index contributed by atoms with van der Waals surface area (Å²) >= 11 is 5.36. The topological polar surface area (TPSA) is 12.0 Å². The summed E-state index contributed by atoms with van der Waals surface area (Å²) in [5, 5.41) is 10.4. The van der Waals surface area contributed by atoms with Gasteiger partial charge in [-0.25, -0.2) is 0 Å². The second-order valence-electron chi connectivity index (χ2n) is 4.47. The molecule has 19 heavy (non-hydrogen) atoms. The van der Waals surface area contributed by atoms with Gasteiger partial charge in [-0.1, -0.05) is 42.5 Å². The Kier molecular flexibility index (Phi) is 3.69. The Morgan fingerprint density at radius 2 is 1.79 bits per heavy atom. The van der Waals surface area contributed by atoms with Gasteiger partial charge in [0.2, 0.25) is 0 Å². The van der Waals surface area contributed by atoms with Crippen LogP contribution in [0.2, 0.25) is 0 Å². The number of rotatable bonds is 3. The predicted octanol–water partition coefficient (Wildman–Crippen LogP) is 4.97. The average molecular weight is 332 g/mol. The highest BCUT2D eigenvalue weighted by atomic mass is 79.9. The highest BCUT2D eigenvalue weighted by molar-refractivity contribution is 9.10. The maximum Gasteiger partial charge on any atom is 0.0599 e. The third-order valence-corrected chi connectivity index (χ3v) is 5.13. The number of thiophene rings is 1. The first-order chi connectivity index (χ1) is 9.31. The molecule has 1 nitrogen and oxygen atoms in total. The lowest BCUT2D eigenvalue weighted by molar-refractivity contribution is 0.697. The normalized spacial score (nSPS) is 12.7. The highest BCUT2D eigenvalue weighted by Crippen LogP contribution is 2.34. The first kappa shape index (κ1) is 12.9. The fourth-order valence-corrected chi connectivity index (χ4v) is 4.03. The van der Waals surface area contributed by atoms with Crippen LogP contribution in [0.4, 0.5) is 0 Å². The van der Waals surface area contributed by atoms with E-state index in [9.17, 15) is 0 Å². The van der Waals surface area contributed by atoms with E-state index in [2.05, 4.69) is 74.5 Å². The van der Waals surface area contributed by atoms with Crippen LogP contribution in [0, 0.1) is 0 Å². The van der Waals surface area contributed by atoms with Crippen molar-refractivity contribution in [3.8, 4) is 0 Å². The van der Waals surface area contributed by atoms with Gasteiger partial charge >= 0.3 is 0 Å². The third-order valence-electron chi connectivity index (χ3n) is 3.38. The Balaban J connectivity index is 2.20. The van der Waals surface area contributed by atoms with Crippen LogP contribution in [0.15, 0.2) is 57.7 Å². The van der Waals surface area contributed by atoms with E-state index in [-0.39, 0.29) is 6.04 Å². The zero-order chi connectivity index (χ0) is 13.2. The van der Waals surface area contributed by atoms with E-state index >= 15 is 0 Å². The molecular weight excluding hydrogens is 318 g/mol. The monoisotopic (exact) mass is 331 g/mol. The molecule has 0 aliphatic rings. The molecule has 0 bridgehead atoms. The lowest BCUT2D eigenvalue weighted by Crippen LogP contribution is -2.17. The minimum absolute atomic E-state index is 0.215. The van der Waals surface area contributed by atoms with Crippen molar-refractivity contribution >= 4 is 38.0 Å². The van der Waals surface area contributed by atoms with Gasteiger partial charge in [0.1, 0.15) is 0 Å². The van der Waals surface area contributed by atoms with Crippen LogP contribution in [0.5, 0.6) is 0 Å². The number of benzene rings is 2. The van der Waals surface area contributed by atoms with Crippen molar-refractivity contribution in [2.45, 2.75) is 6.04 Å². The largest absolute Gasteiger partial charge is 0.309 e. The van der Waals surface area contributed by atoms with Crippen molar-refractivity contribution in [2.24, 2.45) is 0 Å². The van der Waals surface area contributed by atoms with Gasteiger partial charge in [0, 0.05) is 9.85 Å². The van der Waals surface area contributed by atoms with Crippen molar-refractivity contribution in [3.05, 3.63) is 68.8 Å². The number of nitrogens with one attached hydrogen (secondary N) is 1. The maximum absolute atomic E-state index is 3.64. The lowest BCUT2D eigenvalue weighted by Gasteiger charge is -2.18. The van der Waals surface area contributed by atoms with E-state index in [0.29, 0.717) is 0 Å². The molecule has 0 saturated heterocycles. The van der Waals surface area contributed by atoms with Crippen LogP contribution in [-0.4, -0.2) is 7.05 Å². The molecule has 0 aliphatic carbocycles. The van der Waals surface area contributed by atoms with Gasteiger partial charge in [0.05, 0.1) is 6.04 Å². The van der Waals surface area contributed by atoms with Gasteiger partial charge in [0.15, 0.2) is 0 Å². The molecule has 0 radical (unpaired) electrons. The van der Waals surface area contributed by atoms with Crippen LogP contribution < -0.4 is 5.32 Å². The number of fused-ring (bicyclic) bond motifs is 1. The van der Waals surface area contributed by atoms with E-state index in [4.69, 9.17) is 0 Å². The van der Waals surface area contributed by atoms with Gasteiger partial charge in [-0.3, -0.25) is 0 Å². The van der Waals surface area contributed by atoms with Gasteiger partial charge in [0.25, 0.3) is 0 Å². The van der Waals surface area contributed by atoms with Crippen molar-refractivity contribution in [2.75, 3.05) is 7.05 Å². The van der Waals surface area contributed by atoms with Gasteiger partial charge in [-0.15, -0.1) is 0 Å². The number of hydrogen-bond donors (Lipinski definition) is 1. The molecule has 0 spiro atoms.